The van der Waals surface area contributed by atoms with Gasteiger partial charge in [-0.15, -0.1) is 10.2 Å². The zero-order valence-corrected chi connectivity index (χ0v) is 14.5. The number of benzene rings is 2. The molecule has 2 heterocycles. The van der Waals surface area contributed by atoms with Gasteiger partial charge in [0.05, 0.1) is 0 Å². The van der Waals surface area contributed by atoms with Gasteiger partial charge in [0.2, 0.25) is 6.79 Å². The van der Waals surface area contributed by atoms with Crippen LogP contribution in [0.5, 0.6) is 11.5 Å². The molecular formula is C20H18N4O3. The fraction of sp³-hybridized carbons (Fsp3) is 0.150. The average Bonchev–Trinajstić information content (AvgIpc) is 3.17. The minimum atomic E-state index is -0.243. The van der Waals surface area contributed by atoms with Crippen molar-refractivity contribution in [2.24, 2.45) is 0 Å². The third kappa shape index (κ3) is 4.14. The quantitative estimate of drug-likeness (QED) is 0.701. The van der Waals surface area contributed by atoms with Crippen LogP contribution in [0.25, 0.3) is 0 Å². The second-order valence-electron chi connectivity index (χ2n) is 5.99. The first-order chi connectivity index (χ1) is 13.3. The largest absolute Gasteiger partial charge is 0.454 e. The molecule has 1 aliphatic rings. The Morgan fingerprint density at radius 3 is 2.63 bits per heavy atom. The van der Waals surface area contributed by atoms with E-state index < -0.39 is 0 Å². The molecule has 1 aliphatic heterocycles. The SMILES string of the molecule is O=C(NCCc1ccccc1)c1ccc(Nc2ccc3c(c2)OCO3)nn1. The molecule has 0 bridgehead atoms. The Balaban J connectivity index is 1.32. The Morgan fingerprint density at radius 2 is 1.81 bits per heavy atom. The highest BCUT2D eigenvalue weighted by Gasteiger charge is 2.13. The first-order valence-electron chi connectivity index (χ1n) is 8.60. The summed E-state index contributed by atoms with van der Waals surface area (Å²) in [5, 5.41) is 14.0. The number of nitrogens with zero attached hydrogens (tertiary/aromatic N) is 2. The van der Waals surface area contributed by atoms with Crippen LogP contribution in [0.1, 0.15) is 16.1 Å². The van der Waals surface area contributed by atoms with Crippen LogP contribution in [-0.4, -0.2) is 29.4 Å². The summed E-state index contributed by atoms with van der Waals surface area (Å²) in [6.45, 7) is 0.772. The average molecular weight is 362 g/mol. The van der Waals surface area contributed by atoms with Crippen LogP contribution in [0.15, 0.2) is 60.7 Å². The normalized spacial score (nSPS) is 11.9. The number of carbonyl (C=O) groups is 1. The number of ether oxygens (including phenoxy) is 2. The zero-order valence-electron chi connectivity index (χ0n) is 14.5. The van der Waals surface area contributed by atoms with Crippen LogP contribution in [0, 0.1) is 0 Å². The maximum atomic E-state index is 12.2. The third-order valence-corrected chi connectivity index (χ3v) is 4.08. The number of amides is 1. The molecule has 0 atom stereocenters. The zero-order chi connectivity index (χ0) is 18.5. The van der Waals surface area contributed by atoms with Crippen LogP contribution in [-0.2, 0) is 6.42 Å². The van der Waals surface area contributed by atoms with E-state index in [2.05, 4.69) is 20.8 Å². The van der Waals surface area contributed by atoms with E-state index in [9.17, 15) is 4.79 Å². The molecule has 27 heavy (non-hydrogen) atoms. The second-order valence-corrected chi connectivity index (χ2v) is 5.99. The summed E-state index contributed by atoms with van der Waals surface area (Å²) < 4.78 is 10.6. The summed E-state index contributed by atoms with van der Waals surface area (Å²) in [5.74, 6) is 1.69. The van der Waals surface area contributed by atoms with Crippen LogP contribution in [0.4, 0.5) is 11.5 Å². The molecule has 7 heteroatoms. The molecule has 7 nitrogen and oxygen atoms in total. The maximum absolute atomic E-state index is 12.2. The predicted octanol–water partition coefficient (Wildman–Crippen LogP) is 2.92. The lowest BCUT2D eigenvalue weighted by Gasteiger charge is -2.07. The molecule has 3 aromatic rings. The first kappa shape index (κ1) is 16.8. The van der Waals surface area contributed by atoms with E-state index in [1.54, 1.807) is 12.1 Å². The second kappa shape index (κ2) is 7.74. The van der Waals surface area contributed by atoms with Crippen molar-refractivity contribution >= 4 is 17.4 Å². The van der Waals surface area contributed by atoms with Crippen LogP contribution >= 0.6 is 0 Å². The molecule has 1 amide bonds. The van der Waals surface area contributed by atoms with Gasteiger partial charge in [-0.05, 0) is 36.2 Å². The van der Waals surface area contributed by atoms with Gasteiger partial charge in [0.25, 0.3) is 5.91 Å². The van der Waals surface area contributed by atoms with E-state index in [-0.39, 0.29) is 18.4 Å². The number of fused-ring (bicyclic) bond motifs is 1. The Hall–Kier alpha value is -3.61. The smallest absolute Gasteiger partial charge is 0.271 e. The highest BCUT2D eigenvalue weighted by Crippen LogP contribution is 2.34. The van der Waals surface area contributed by atoms with Crippen molar-refractivity contribution in [3.05, 3.63) is 71.9 Å². The summed E-state index contributed by atoms with van der Waals surface area (Å²) >= 11 is 0. The minimum absolute atomic E-state index is 0.229. The molecule has 2 aromatic carbocycles. The molecule has 2 N–H and O–H groups in total. The van der Waals surface area contributed by atoms with Gasteiger partial charge in [0.1, 0.15) is 0 Å². The van der Waals surface area contributed by atoms with Crippen molar-refractivity contribution in [3.8, 4) is 11.5 Å². The van der Waals surface area contributed by atoms with Crippen LogP contribution in [0.3, 0.4) is 0 Å². The molecule has 0 unspecified atom stereocenters. The Morgan fingerprint density at radius 1 is 0.963 bits per heavy atom. The van der Waals surface area contributed by atoms with E-state index >= 15 is 0 Å². The highest BCUT2D eigenvalue weighted by atomic mass is 16.7. The number of carbonyl (C=O) groups excluding carboxylic acids is 1. The lowest BCUT2D eigenvalue weighted by atomic mass is 10.1. The van der Waals surface area contributed by atoms with Gasteiger partial charge in [-0.3, -0.25) is 4.79 Å². The monoisotopic (exact) mass is 362 g/mol. The number of hydrogen-bond donors (Lipinski definition) is 2. The van der Waals surface area contributed by atoms with Crippen molar-refractivity contribution in [2.45, 2.75) is 6.42 Å². The molecule has 0 aliphatic carbocycles. The predicted molar refractivity (Wildman–Crippen MR) is 100 cm³/mol. The molecule has 0 saturated carbocycles. The molecule has 1 aromatic heterocycles. The molecular weight excluding hydrogens is 344 g/mol. The summed E-state index contributed by atoms with van der Waals surface area (Å²) in [6.07, 6.45) is 0.768. The molecule has 0 radical (unpaired) electrons. The Kier molecular flexibility index (Phi) is 4.82. The van der Waals surface area contributed by atoms with E-state index in [0.29, 0.717) is 23.9 Å². The third-order valence-electron chi connectivity index (χ3n) is 4.08. The maximum Gasteiger partial charge on any atom is 0.271 e. The van der Waals surface area contributed by atoms with E-state index in [1.807, 2.05) is 48.5 Å². The first-order valence-corrected chi connectivity index (χ1v) is 8.60. The van der Waals surface area contributed by atoms with Crippen molar-refractivity contribution in [1.82, 2.24) is 15.5 Å². The van der Waals surface area contributed by atoms with Gasteiger partial charge in [0.15, 0.2) is 23.0 Å². The molecule has 0 saturated heterocycles. The number of hydrogen-bond acceptors (Lipinski definition) is 6. The van der Waals surface area contributed by atoms with Gasteiger partial charge in [-0.1, -0.05) is 30.3 Å². The van der Waals surface area contributed by atoms with Crippen LogP contribution in [0.2, 0.25) is 0 Å². The van der Waals surface area contributed by atoms with E-state index in [1.165, 1.54) is 5.56 Å². The van der Waals surface area contributed by atoms with Gasteiger partial charge in [-0.2, -0.15) is 0 Å². The van der Waals surface area contributed by atoms with Gasteiger partial charge in [0, 0.05) is 18.3 Å². The topological polar surface area (TPSA) is 85.4 Å². The number of nitrogens with one attached hydrogen (secondary N) is 2. The van der Waals surface area contributed by atoms with Crippen LogP contribution < -0.4 is 20.1 Å². The molecule has 0 fully saturated rings. The number of aromatic nitrogens is 2. The lowest BCUT2D eigenvalue weighted by Crippen LogP contribution is -2.26. The minimum Gasteiger partial charge on any atom is -0.454 e. The van der Waals surface area contributed by atoms with Gasteiger partial charge >= 0.3 is 0 Å². The summed E-state index contributed by atoms with van der Waals surface area (Å²) in [7, 11) is 0. The van der Waals surface area contributed by atoms with E-state index in [4.69, 9.17) is 9.47 Å². The van der Waals surface area contributed by atoms with Gasteiger partial charge in [-0.25, -0.2) is 0 Å². The Bertz CT molecular complexity index is 930. The van der Waals surface area contributed by atoms with Gasteiger partial charge < -0.3 is 20.1 Å². The molecule has 0 spiro atoms. The number of rotatable bonds is 6. The highest BCUT2D eigenvalue weighted by molar-refractivity contribution is 5.92. The summed E-state index contributed by atoms with van der Waals surface area (Å²) in [5.41, 5.74) is 2.25. The molecule has 4 rings (SSSR count). The lowest BCUT2D eigenvalue weighted by molar-refractivity contribution is 0.0948. The Labute approximate surface area is 156 Å². The van der Waals surface area contributed by atoms with Crippen molar-refractivity contribution in [1.29, 1.82) is 0 Å². The van der Waals surface area contributed by atoms with Crippen molar-refractivity contribution < 1.29 is 14.3 Å². The van der Waals surface area contributed by atoms with E-state index in [0.717, 1.165) is 12.1 Å². The number of anilines is 2. The standard InChI is InChI=1S/C20H18N4O3/c25-20(21-11-10-14-4-2-1-3-5-14)16-7-9-19(24-23-16)22-15-6-8-17-18(12-15)27-13-26-17/h1-9,12H,10-11,13H2,(H,21,25)(H,22,24). The summed E-state index contributed by atoms with van der Waals surface area (Å²) in [4.78, 5) is 12.2. The van der Waals surface area contributed by atoms with Crippen molar-refractivity contribution in [2.75, 3.05) is 18.7 Å². The summed E-state index contributed by atoms with van der Waals surface area (Å²) in [6, 6.07) is 18.9. The molecule has 136 valence electrons. The fourth-order valence-corrected chi connectivity index (χ4v) is 2.70. The fourth-order valence-electron chi connectivity index (χ4n) is 2.70. The van der Waals surface area contributed by atoms with Crippen molar-refractivity contribution in [3.63, 3.8) is 0 Å².